The molecule has 3 aliphatic carbocycles. The zero-order chi connectivity index (χ0) is 27.9. The molecule has 7 rings (SSSR count). The van der Waals surface area contributed by atoms with Gasteiger partial charge in [0.25, 0.3) is 5.91 Å². The van der Waals surface area contributed by atoms with Gasteiger partial charge in [-0.25, -0.2) is 4.79 Å². The molecular formula is C35H38N3O3+. The van der Waals surface area contributed by atoms with Crippen molar-refractivity contribution in [2.24, 2.45) is 23.7 Å². The number of anilines is 2. The molecular weight excluding hydrogens is 510 g/mol. The molecule has 5 atom stereocenters. The third-order valence-corrected chi connectivity index (χ3v) is 10.1. The number of hydrogen-bond donors (Lipinski definition) is 2. The minimum absolute atomic E-state index is 0.124. The van der Waals surface area contributed by atoms with E-state index in [1.807, 2.05) is 48.5 Å². The fourth-order valence-electron chi connectivity index (χ4n) is 8.47. The molecule has 5 unspecified atom stereocenters. The van der Waals surface area contributed by atoms with Gasteiger partial charge in [-0.2, -0.15) is 4.57 Å². The number of carbonyl (C=O) groups is 2. The number of aliphatic carboxylic acids is 1. The van der Waals surface area contributed by atoms with Crippen LogP contribution in [0.3, 0.4) is 0 Å². The van der Waals surface area contributed by atoms with Crippen molar-refractivity contribution in [1.82, 2.24) is 0 Å². The molecule has 1 aliphatic heterocycles. The Labute approximate surface area is 241 Å². The smallest absolute Gasteiger partial charge is 0.370 e. The lowest BCUT2D eigenvalue weighted by atomic mass is 9.79. The average molecular weight is 549 g/mol. The zero-order valence-electron chi connectivity index (χ0n) is 23.4. The molecule has 210 valence electrons. The van der Waals surface area contributed by atoms with Crippen molar-refractivity contribution in [3.05, 3.63) is 89.7 Å². The number of carbonyl (C=O) groups excluding carboxylic acids is 1. The summed E-state index contributed by atoms with van der Waals surface area (Å²) in [5, 5.41) is 12.2. The van der Waals surface area contributed by atoms with Gasteiger partial charge in [-0.1, -0.05) is 37.1 Å². The van der Waals surface area contributed by atoms with Crippen LogP contribution in [-0.2, 0) is 22.6 Å². The summed E-state index contributed by atoms with van der Waals surface area (Å²) in [5.74, 6) is 2.50. The fraction of sp³-hybridized carbons (Fsp3) is 0.400. The van der Waals surface area contributed by atoms with Crippen LogP contribution in [0.1, 0.15) is 55.2 Å². The summed E-state index contributed by atoms with van der Waals surface area (Å²) in [7, 11) is 0. The number of carboxylic acid groups (broad SMARTS) is 1. The lowest BCUT2D eigenvalue weighted by Crippen LogP contribution is -2.42. The first kappa shape index (κ1) is 26.0. The SMILES string of the molecule is O=C(O)C[n+]1ccc(/C(=C/c2ccc3c(c2)CCN3C2C3CC4CCCC2C(C4)C3)C(=O)Nc2ccccc2)cc1. The molecule has 0 radical (unpaired) electrons. The normalized spacial score (nSPS) is 26.5. The summed E-state index contributed by atoms with van der Waals surface area (Å²) >= 11 is 0. The van der Waals surface area contributed by atoms with Crippen molar-refractivity contribution in [2.45, 2.75) is 57.5 Å². The second kappa shape index (κ2) is 10.8. The van der Waals surface area contributed by atoms with Crippen LogP contribution in [0.25, 0.3) is 11.6 Å². The fourth-order valence-corrected chi connectivity index (χ4v) is 8.47. The summed E-state index contributed by atoms with van der Waals surface area (Å²) in [6.07, 6.45) is 15.0. The van der Waals surface area contributed by atoms with Gasteiger partial charge in [-0.05, 0) is 103 Å². The molecule has 2 aromatic carbocycles. The van der Waals surface area contributed by atoms with Gasteiger partial charge >= 0.3 is 5.97 Å². The first-order chi connectivity index (χ1) is 20.0. The predicted octanol–water partition coefficient (Wildman–Crippen LogP) is 5.82. The minimum atomic E-state index is -0.906. The van der Waals surface area contributed by atoms with E-state index < -0.39 is 5.97 Å². The van der Waals surface area contributed by atoms with Gasteiger partial charge in [0.05, 0.1) is 0 Å². The lowest BCUT2D eigenvalue weighted by molar-refractivity contribution is -0.685. The molecule has 3 saturated carbocycles. The largest absolute Gasteiger partial charge is 0.477 e. The molecule has 2 N–H and O–H groups in total. The first-order valence-electron chi connectivity index (χ1n) is 15.2. The third-order valence-electron chi connectivity index (χ3n) is 10.1. The van der Waals surface area contributed by atoms with E-state index in [0.29, 0.717) is 11.6 Å². The highest BCUT2D eigenvalue weighted by molar-refractivity contribution is 6.29. The number of fused-ring (bicyclic) bond motifs is 3. The Morgan fingerprint density at radius 2 is 1.78 bits per heavy atom. The van der Waals surface area contributed by atoms with Crippen molar-refractivity contribution >= 4 is 34.9 Å². The minimum Gasteiger partial charge on any atom is -0.477 e. The number of nitrogens with one attached hydrogen (secondary N) is 1. The number of benzene rings is 2. The van der Waals surface area contributed by atoms with E-state index in [9.17, 15) is 9.59 Å². The van der Waals surface area contributed by atoms with Gasteiger partial charge in [-0.15, -0.1) is 0 Å². The van der Waals surface area contributed by atoms with E-state index in [0.717, 1.165) is 53.5 Å². The standard InChI is InChI=1S/C35H37N3O3/c39-33(40)22-37-14-11-25(12-15-37)31(35(41)36-29-6-2-1-3-7-29)20-24-9-10-32-26(17-24)13-16-38(32)34-28-19-23-5-4-8-30(34)27(18-23)21-28/h1-3,6-7,9-12,14-15,17,20,23,27-28,30,34H,4-5,8,13,16,18-19,21-22H2,(H-,36,39,40,41)/p+1. The molecule has 0 saturated heterocycles. The van der Waals surface area contributed by atoms with Gasteiger partial charge in [-0.3, -0.25) is 4.79 Å². The highest BCUT2D eigenvalue weighted by Gasteiger charge is 2.51. The lowest BCUT2D eigenvalue weighted by Gasteiger charge is -2.37. The topological polar surface area (TPSA) is 73.5 Å². The number of hydrogen-bond acceptors (Lipinski definition) is 3. The third kappa shape index (κ3) is 5.16. The maximum absolute atomic E-state index is 13.6. The zero-order valence-corrected chi connectivity index (χ0v) is 23.4. The Hall–Kier alpha value is -3.93. The molecule has 3 bridgehead atoms. The molecule has 3 fully saturated rings. The predicted molar refractivity (Wildman–Crippen MR) is 160 cm³/mol. The molecule has 0 spiro atoms. The number of aromatic nitrogens is 1. The summed E-state index contributed by atoms with van der Waals surface area (Å²) in [5.41, 5.74) is 5.80. The Morgan fingerprint density at radius 3 is 2.59 bits per heavy atom. The Kier molecular flexibility index (Phi) is 6.85. The van der Waals surface area contributed by atoms with Crippen LogP contribution in [0.5, 0.6) is 0 Å². The van der Waals surface area contributed by atoms with Crippen LogP contribution in [0.2, 0.25) is 0 Å². The highest BCUT2D eigenvalue weighted by atomic mass is 16.4. The number of carboxylic acids is 1. The summed E-state index contributed by atoms with van der Waals surface area (Å²) in [4.78, 5) is 27.5. The summed E-state index contributed by atoms with van der Waals surface area (Å²) in [6, 6.07) is 20.5. The number of nitrogens with zero attached hydrogens (tertiary/aromatic N) is 2. The Morgan fingerprint density at radius 1 is 0.976 bits per heavy atom. The summed E-state index contributed by atoms with van der Waals surface area (Å²) < 4.78 is 1.59. The van der Waals surface area contributed by atoms with Crippen LogP contribution in [0, 0.1) is 23.7 Å². The van der Waals surface area contributed by atoms with Gasteiger partial charge in [0.15, 0.2) is 12.4 Å². The van der Waals surface area contributed by atoms with E-state index in [-0.39, 0.29) is 12.5 Å². The molecule has 3 aromatic rings. The van der Waals surface area contributed by atoms with Crippen molar-refractivity contribution in [2.75, 3.05) is 16.8 Å². The number of pyridine rings is 1. The van der Waals surface area contributed by atoms with E-state index >= 15 is 0 Å². The Balaban J connectivity index is 1.18. The van der Waals surface area contributed by atoms with Crippen molar-refractivity contribution in [1.29, 1.82) is 0 Å². The van der Waals surface area contributed by atoms with Crippen molar-refractivity contribution in [3.63, 3.8) is 0 Å². The van der Waals surface area contributed by atoms with E-state index in [1.165, 1.54) is 49.8 Å². The van der Waals surface area contributed by atoms with Crippen molar-refractivity contribution < 1.29 is 19.3 Å². The monoisotopic (exact) mass is 548 g/mol. The number of amides is 1. The molecule has 41 heavy (non-hydrogen) atoms. The van der Waals surface area contributed by atoms with Crippen LogP contribution in [0.4, 0.5) is 11.4 Å². The second-order valence-corrected chi connectivity index (χ2v) is 12.5. The second-order valence-electron chi connectivity index (χ2n) is 12.5. The van der Waals surface area contributed by atoms with E-state index in [2.05, 4.69) is 28.4 Å². The molecule has 4 aliphatic rings. The van der Waals surface area contributed by atoms with Gasteiger partial charge in [0, 0.05) is 41.7 Å². The molecule has 1 aromatic heterocycles. The van der Waals surface area contributed by atoms with Gasteiger partial charge < -0.3 is 15.3 Å². The van der Waals surface area contributed by atoms with Crippen LogP contribution < -0.4 is 14.8 Å². The maximum Gasteiger partial charge on any atom is 0.370 e. The van der Waals surface area contributed by atoms with Gasteiger partial charge in [0.1, 0.15) is 0 Å². The molecule has 2 heterocycles. The number of para-hydroxylation sites is 1. The first-order valence-corrected chi connectivity index (χ1v) is 15.2. The average Bonchev–Trinajstić information content (AvgIpc) is 3.43. The molecule has 1 amide bonds. The molecule has 6 heteroatoms. The molecule has 6 nitrogen and oxygen atoms in total. The van der Waals surface area contributed by atoms with Crippen LogP contribution in [-0.4, -0.2) is 29.6 Å². The van der Waals surface area contributed by atoms with E-state index in [1.54, 1.807) is 17.0 Å². The summed E-state index contributed by atoms with van der Waals surface area (Å²) in [6.45, 7) is 0.974. The van der Waals surface area contributed by atoms with Crippen LogP contribution in [0.15, 0.2) is 73.1 Å². The van der Waals surface area contributed by atoms with Crippen molar-refractivity contribution in [3.8, 4) is 0 Å². The quantitative estimate of drug-likeness (QED) is 0.289. The Bertz CT molecular complexity index is 1480. The maximum atomic E-state index is 13.6. The van der Waals surface area contributed by atoms with E-state index in [4.69, 9.17) is 5.11 Å². The van der Waals surface area contributed by atoms with Crippen LogP contribution >= 0.6 is 0 Å². The number of rotatable bonds is 7. The van der Waals surface area contributed by atoms with Gasteiger partial charge in [0.2, 0.25) is 6.54 Å². The highest BCUT2D eigenvalue weighted by Crippen LogP contribution is 2.56.